The third-order valence-corrected chi connectivity index (χ3v) is 2.71. The zero-order valence-electron chi connectivity index (χ0n) is 9.48. The fourth-order valence-electron chi connectivity index (χ4n) is 1.14. The highest BCUT2D eigenvalue weighted by Gasteiger charge is 2.21. The Kier molecular flexibility index (Phi) is 4.45. The summed E-state index contributed by atoms with van der Waals surface area (Å²) in [5, 5.41) is 11.7. The molecule has 17 heavy (non-hydrogen) atoms. The van der Waals surface area contributed by atoms with Crippen molar-refractivity contribution in [3.8, 4) is 0 Å². The summed E-state index contributed by atoms with van der Waals surface area (Å²) in [7, 11) is 0. The fourth-order valence-corrected chi connectivity index (χ4v) is 1.25. The second-order valence-electron chi connectivity index (χ2n) is 3.76. The molecule has 6 heteroatoms. The molecule has 0 saturated carbocycles. The first-order chi connectivity index (χ1) is 7.91. The molecule has 0 fully saturated rings. The van der Waals surface area contributed by atoms with Crippen LogP contribution in [0.5, 0.6) is 0 Å². The van der Waals surface area contributed by atoms with Crippen molar-refractivity contribution in [2.45, 2.75) is 19.9 Å². The Bertz CT molecular complexity index is 419. The highest BCUT2D eigenvalue weighted by molar-refractivity contribution is 6.29. The number of nitrogens with one attached hydrogen (secondary N) is 1. The third-order valence-electron chi connectivity index (χ3n) is 2.49. The van der Waals surface area contributed by atoms with Crippen LogP contribution in [0.25, 0.3) is 0 Å². The van der Waals surface area contributed by atoms with Crippen LogP contribution in [0.2, 0.25) is 5.15 Å². The van der Waals surface area contributed by atoms with E-state index in [0.29, 0.717) is 10.7 Å². The molecule has 0 radical (unpaired) electrons. The minimum Gasteiger partial charge on any atom is -0.481 e. The number of nitrogens with zero attached hydrogens (tertiary/aromatic N) is 1. The highest BCUT2D eigenvalue weighted by atomic mass is 35.5. The van der Waals surface area contributed by atoms with Crippen LogP contribution in [0.1, 0.15) is 24.2 Å². The molecule has 2 atom stereocenters. The first kappa shape index (κ1) is 13.4. The molecule has 1 aromatic heterocycles. The summed E-state index contributed by atoms with van der Waals surface area (Å²) in [5.41, 5.74) is 0.346. The molecule has 0 spiro atoms. The molecule has 0 aliphatic heterocycles. The van der Waals surface area contributed by atoms with Gasteiger partial charge < -0.3 is 10.4 Å². The van der Waals surface area contributed by atoms with Gasteiger partial charge in [0, 0.05) is 12.2 Å². The minimum absolute atomic E-state index is 0.300. The van der Waals surface area contributed by atoms with E-state index in [0.717, 1.165) is 0 Å². The van der Waals surface area contributed by atoms with E-state index >= 15 is 0 Å². The van der Waals surface area contributed by atoms with E-state index in [1.54, 1.807) is 6.92 Å². The zero-order valence-corrected chi connectivity index (χ0v) is 10.2. The number of amides is 1. The van der Waals surface area contributed by atoms with Gasteiger partial charge >= 0.3 is 5.97 Å². The number of carbonyl (C=O) groups is 2. The standard InChI is InChI=1S/C11H13ClN2O3/c1-6(11(16)17)7(2)14-10(15)8-3-4-9(12)13-5-8/h3-7H,1-2H3,(H,14,15)(H,16,17). The number of hydrogen-bond acceptors (Lipinski definition) is 3. The smallest absolute Gasteiger partial charge is 0.308 e. The zero-order chi connectivity index (χ0) is 13.0. The number of carbonyl (C=O) groups excluding carboxylic acids is 1. The summed E-state index contributed by atoms with van der Waals surface area (Å²) in [6.45, 7) is 3.17. The van der Waals surface area contributed by atoms with E-state index < -0.39 is 17.9 Å². The third kappa shape index (κ3) is 3.71. The maximum Gasteiger partial charge on any atom is 0.308 e. The lowest BCUT2D eigenvalue weighted by Gasteiger charge is -2.17. The monoisotopic (exact) mass is 256 g/mol. The van der Waals surface area contributed by atoms with Crippen molar-refractivity contribution in [1.29, 1.82) is 0 Å². The van der Waals surface area contributed by atoms with Crippen molar-refractivity contribution < 1.29 is 14.7 Å². The number of hydrogen-bond donors (Lipinski definition) is 2. The van der Waals surface area contributed by atoms with Gasteiger partial charge in [0.25, 0.3) is 5.91 Å². The largest absolute Gasteiger partial charge is 0.481 e. The molecule has 0 bridgehead atoms. The highest BCUT2D eigenvalue weighted by Crippen LogP contribution is 2.07. The number of aromatic nitrogens is 1. The van der Waals surface area contributed by atoms with Crippen molar-refractivity contribution in [3.05, 3.63) is 29.0 Å². The van der Waals surface area contributed by atoms with E-state index in [1.165, 1.54) is 25.3 Å². The molecule has 1 rings (SSSR count). The number of carboxylic acid groups (broad SMARTS) is 1. The van der Waals surface area contributed by atoms with E-state index in [-0.39, 0.29) is 5.91 Å². The molecule has 2 unspecified atom stereocenters. The van der Waals surface area contributed by atoms with Crippen molar-refractivity contribution in [3.63, 3.8) is 0 Å². The number of carboxylic acids is 1. The summed E-state index contributed by atoms with van der Waals surface area (Å²) >= 11 is 5.59. The Balaban J connectivity index is 2.66. The maximum absolute atomic E-state index is 11.7. The van der Waals surface area contributed by atoms with Gasteiger partial charge in [-0.15, -0.1) is 0 Å². The average Bonchev–Trinajstić information content (AvgIpc) is 2.28. The van der Waals surface area contributed by atoms with E-state index in [9.17, 15) is 9.59 Å². The Morgan fingerprint density at radius 2 is 2.06 bits per heavy atom. The lowest BCUT2D eigenvalue weighted by Crippen LogP contribution is -2.40. The second kappa shape index (κ2) is 5.63. The van der Waals surface area contributed by atoms with Gasteiger partial charge in [-0.25, -0.2) is 4.98 Å². The Hall–Kier alpha value is -1.62. The SMILES string of the molecule is CC(NC(=O)c1ccc(Cl)nc1)C(C)C(=O)O. The van der Waals surface area contributed by atoms with Gasteiger partial charge in [0.15, 0.2) is 0 Å². The number of pyridine rings is 1. The van der Waals surface area contributed by atoms with Gasteiger partial charge in [-0.1, -0.05) is 11.6 Å². The lowest BCUT2D eigenvalue weighted by atomic mass is 10.0. The van der Waals surface area contributed by atoms with Crippen LogP contribution in [0.4, 0.5) is 0 Å². The normalized spacial score (nSPS) is 13.8. The predicted molar refractivity (Wildman–Crippen MR) is 63.0 cm³/mol. The molecular formula is C11H13ClN2O3. The van der Waals surface area contributed by atoms with Crippen LogP contribution in [0, 0.1) is 5.92 Å². The molecule has 92 valence electrons. The Morgan fingerprint density at radius 1 is 1.41 bits per heavy atom. The van der Waals surface area contributed by atoms with Gasteiger partial charge in [-0.2, -0.15) is 0 Å². The van der Waals surface area contributed by atoms with Crippen molar-refractivity contribution in [1.82, 2.24) is 10.3 Å². The summed E-state index contributed by atoms with van der Waals surface area (Å²) in [6.07, 6.45) is 1.34. The van der Waals surface area contributed by atoms with E-state index in [2.05, 4.69) is 10.3 Å². The molecule has 1 heterocycles. The Morgan fingerprint density at radius 3 is 2.53 bits per heavy atom. The minimum atomic E-state index is -0.952. The molecule has 0 saturated heterocycles. The summed E-state index contributed by atoms with van der Waals surface area (Å²) in [6, 6.07) is 2.57. The maximum atomic E-state index is 11.7. The molecule has 0 aromatic carbocycles. The van der Waals surface area contributed by atoms with Gasteiger partial charge in [0.2, 0.25) is 0 Å². The Labute approximate surface area is 104 Å². The molecule has 5 nitrogen and oxygen atoms in total. The van der Waals surface area contributed by atoms with Gasteiger partial charge in [0.1, 0.15) is 5.15 Å². The quantitative estimate of drug-likeness (QED) is 0.802. The number of rotatable bonds is 4. The molecule has 2 N–H and O–H groups in total. The van der Waals surface area contributed by atoms with Crippen LogP contribution in [-0.4, -0.2) is 28.0 Å². The van der Waals surface area contributed by atoms with Gasteiger partial charge in [-0.05, 0) is 26.0 Å². The first-order valence-corrected chi connectivity index (χ1v) is 5.45. The number of aliphatic carboxylic acids is 1. The van der Waals surface area contributed by atoms with Crippen LogP contribution in [0.3, 0.4) is 0 Å². The van der Waals surface area contributed by atoms with E-state index in [4.69, 9.17) is 16.7 Å². The van der Waals surface area contributed by atoms with Crippen molar-refractivity contribution >= 4 is 23.5 Å². The van der Waals surface area contributed by atoms with Crippen LogP contribution in [0.15, 0.2) is 18.3 Å². The molecular weight excluding hydrogens is 244 g/mol. The topological polar surface area (TPSA) is 79.3 Å². The molecule has 1 aromatic rings. The van der Waals surface area contributed by atoms with E-state index in [1.807, 2.05) is 0 Å². The number of halogens is 1. The van der Waals surface area contributed by atoms with Crippen LogP contribution >= 0.6 is 11.6 Å². The van der Waals surface area contributed by atoms with Gasteiger partial charge in [0.05, 0.1) is 11.5 Å². The summed E-state index contributed by atoms with van der Waals surface area (Å²) < 4.78 is 0. The van der Waals surface area contributed by atoms with Crippen molar-refractivity contribution in [2.24, 2.45) is 5.92 Å². The predicted octanol–water partition coefficient (Wildman–Crippen LogP) is 1.57. The molecule has 0 aliphatic carbocycles. The first-order valence-electron chi connectivity index (χ1n) is 5.07. The summed E-state index contributed by atoms with van der Waals surface area (Å²) in [5.74, 6) is -1.97. The second-order valence-corrected chi connectivity index (χ2v) is 4.15. The summed E-state index contributed by atoms with van der Waals surface area (Å²) in [4.78, 5) is 26.2. The lowest BCUT2D eigenvalue weighted by molar-refractivity contribution is -0.141. The average molecular weight is 257 g/mol. The van der Waals surface area contributed by atoms with Gasteiger partial charge in [-0.3, -0.25) is 9.59 Å². The van der Waals surface area contributed by atoms with Crippen LogP contribution in [-0.2, 0) is 4.79 Å². The fraction of sp³-hybridized carbons (Fsp3) is 0.364. The van der Waals surface area contributed by atoms with Crippen molar-refractivity contribution in [2.75, 3.05) is 0 Å². The molecule has 0 aliphatic rings. The van der Waals surface area contributed by atoms with Crippen LogP contribution < -0.4 is 5.32 Å². The molecule has 1 amide bonds.